The van der Waals surface area contributed by atoms with Crippen molar-refractivity contribution in [3.8, 4) is 0 Å². The molecular formula is C12H16N2O4. The fraction of sp³-hybridized carbons (Fsp3) is 0.583. The maximum Gasteiger partial charge on any atom is 0.306 e. The van der Waals surface area contributed by atoms with Gasteiger partial charge in [0.15, 0.2) is 0 Å². The van der Waals surface area contributed by atoms with E-state index in [4.69, 9.17) is 5.11 Å². The first-order valence-electron chi connectivity index (χ1n) is 5.94. The molecule has 6 heteroatoms. The molecule has 1 aliphatic carbocycles. The Bertz CT molecular complexity index is 412. The smallest absolute Gasteiger partial charge is 0.306 e. The molecule has 0 bridgehead atoms. The number of carboxylic acids is 1. The maximum atomic E-state index is 11.2. The van der Waals surface area contributed by atoms with E-state index in [9.17, 15) is 15.0 Å². The summed E-state index contributed by atoms with van der Waals surface area (Å²) in [5.41, 5.74) is 0.350. The second-order valence-corrected chi connectivity index (χ2v) is 4.65. The number of carbonyl (C=O) groups is 1. The highest BCUT2D eigenvalue weighted by Gasteiger charge is 2.39. The zero-order valence-electron chi connectivity index (χ0n) is 9.81. The second-order valence-electron chi connectivity index (χ2n) is 4.65. The highest BCUT2D eigenvalue weighted by atomic mass is 16.4. The van der Waals surface area contributed by atoms with Crippen LogP contribution in [-0.4, -0.2) is 37.4 Å². The van der Waals surface area contributed by atoms with Crippen molar-refractivity contribution in [1.82, 2.24) is 9.97 Å². The van der Waals surface area contributed by atoms with Crippen molar-refractivity contribution < 1.29 is 20.1 Å². The number of carboxylic acid groups (broad SMARTS) is 1. The van der Waals surface area contributed by atoms with Crippen molar-refractivity contribution in [2.75, 3.05) is 0 Å². The van der Waals surface area contributed by atoms with Crippen LogP contribution in [0.3, 0.4) is 0 Å². The van der Waals surface area contributed by atoms with Crippen molar-refractivity contribution in [3.05, 3.63) is 24.3 Å². The van der Waals surface area contributed by atoms with Crippen LogP contribution in [0.2, 0.25) is 0 Å². The molecule has 4 unspecified atom stereocenters. The van der Waals surface area contributed by atoms with E-state index >= 15 is 0 Å². The number of nitrogens with zero attached hydrogens (tertiary/aromatic N) is 2. The number of aliphatic hydroxyl groups is 2. The molecule has 1 aliphatic rings. The normalized spacial score (nSPS) is 29.8. The Hall–Kier alpha value is -1.53. The number of rotatable bonds is 3. The molecule has 6 nitrogen and oxygen atoms in total. The summed E-state index contributed by atoms with van der Waals surface area (Å²) in [6, 6.07) is 0. The van der Waals surface area contributed by atoms with Crippen LogP contribution in [-0.2, 0) is 4.79 Å². The summed E-state index contributed by atoms with van der Waals surface area (Å²) in [6.45, 7) is 0. The van der Waals surface area contributed by atoms with Gasteiger partial charge in [0.2, 0.25) is 0 Å². The van der Waals surface area contributed by atoms with Gasteiger partial charge in [-0.15, -0.1) is 0 Å². The van der Waals surface area contributed by atoms with Gasteiger partial charge in [0.25, 0.3) is 0 Å². The average Bonchev–Trinajstić information content (AvgIpc) is 2.38. The zero-order valence-corrected chi connectivity index (χ0v) is 9.81. The number of aromatic nitrogens is 2. The summed E-state index contributed by atoms with van der Waals surface area (Å²) in [6.07, 6.45) is 3.90. The fourth-order valence-corrected chi connectivity index (χ4v) is 2.52. The first kappa shape index (κ1) is 12.9. The van der Waals surface area contributed by atoms with E-state index in [-0.39, 0.29) is 6.42 Å². The van der Waals surface area contributed by atoms with Gasteiger partial charge >= 0.3 is 5.97 Å². The third-order valence-corrected chi connectivity index (χ3v) is 3.48. The lowest BCUT2D eigenvalue weighted by Gasteiger charge is -2.34. The Morgan fingerprint density at radius 3 is 2.78 bits per heavy atom. The monoisotopic (exact) mass is 252 g/mol. The molecule has 1 saturated carbocycles. The van der Waals surface area contributed by atoms with Crippen molar-refractivity contribution in [2.45, 2.75) is 31.5 Å². The summed E-state index contributed by atoms with van der Waals surface area (Å²) >= 11 is 0. The lowest BCUT2D eigenvalue weighted by atomic mass is 9.74. The largest absolute Gasteiger partial charge is 0.481 e. The van der Waals surface area contributed by atoms with Gasteiger partial charge in [-0.1, -0.05) is 0 Å². The molecular weight excluding hydrogens is 236 g/mol. The SMILES string of the molecule is O=C(O)C1CCC(O)CC1C(O)c1cnccn1. The highest BCUT2D eigenvalue weighted by molar-refractivity contribution is 5.70. The molecule has 1 fully saturated rings. The van der Waals surface area contributed by atoms with E-state index in [0.29, 0.717) is 18.5 Å². The molecule has 1 heterocycles. The molecule has 0 spiro atoms. The van der Waals surface area contributed by atoms with Crippen molar-refractivity contribution in [1.29, 1.82) is 0 Å². The molecule has 3 N–H and O–H groups in total. The Labute approximate surface area is 104 Å². The molecule has 1 aromatic rings. The van der Waals surface area contributed by atoms with E-state index in [0.717, 1.165) is 0 Å². The first-order valence-corrected chi connectivity index (χ1v) is 5.94. The minimum atomic E-state index is -1.00. The molecule has 0 aromatic carbocycles. The topological polar surface area (TPSA) is 104 Å². The summed E-state index contributed by atoms with van der Waals surface area (Å²) in [4.78, 5) is 19.0. The molecule has 0 saturated heterocycles. The van der Waals surface area contributed by atoms with Crippen LogP contribution in [0.4, 0.5) is 0 Å². The average molecular weight is 252 g/mol. The minimum absolute atomic E-state index is 0.273. The number of hydrogen-bond acceptors (Lipinski definition) is 5. The van der Waals surface area contributed by atoms with E-state index < -0.39 is 30.0 Å². The Balaban J connectivity index is 2.20. The number of aliphatic carboxylic acids is 1. The number of aliphatic hydroxyl groups excluding tert-OH is 2. The van der Waals surface area contributed by atoms with Gasteiger partial charge in [0.05, 0.1) is 23.9 Å². The lowest BCUT2D eigenvalue weighted by Crippen LogP contribution is -2.36. The quantitative estimate of drug-likeness (QED) is 0.718. The summed E-state index contributed by atoms with van der Waals surface area (Å²) in [7, 11) is 0. The molecule has 98 valence electrons. The van der Waals surface area contributed by atoms with Crippen LogP contribution < -0.4 is 0 Å². The summed E-state index contributed by atoms with van der Waals surface area (Å²) in [5, 5.41) is 29.0. The van der Waals surface area contributed by atoms with E-state index in [1.165, 1.54) is 18.6 Å². The standard InChI is InChI=1S/C12H16N2O4/c15-7-1-2-8(12(17)18)9(5-7)11(16)10-6-13-3-4-14-10/h3-4,6-9,11,15-16H,1-2,5H2,(H,17,18). The van der Waals surface area contributed by atoms with E-state index in [1.54, 1.807) is 0 Å². The molecule has 0 radical (unpaired) electrons. The third-order valence-electron chi connectivity index (χ3n) is 3.48. The van der Waals surface area contributed by atoms with E-state index in [2.05, 4.69) is 9.97 Å². The summed E-state index contributed by atoms with van der Waals surface area (Å²) < 4.78 is 0. The summed E-state index contributed by atoms with van der Waals surface area (Å²) in [5.74, 6) is -2.11. The van der Waals surface area contributed by atoms with Crippen molar-refractivity contribution in [3.63, 3.8) is 0 Å². The van der Waals surface area contributed by atoms with Gasteiger partial charge in [0.1, 0.15) is 6.10 Å². The lowest BCUT2D eigenvalue weighted by molar-refractivity contribution is -0.149. The second kappa shape index (κ2) is 5.41. The highest BCUT2D eigenvalue weighted by Crippen LogP contribution is 2.38. The Morgan fingerprint density at radius 1 is 1.39 bits per heavy atom. The van der Waals surface area contributed by atoms with Crippen LogP contribution in [0.1, 0.15) is 31.1 Å². The molecule has 18 heavy (non-hydrogen) atoms. The number of hydrogen-bond donors (Lipinski definition) is 3. The van der Waals surface area contributed by atoms with Gasteiger partial charge in [-0.05, 0) is 19.3 Å². The predicted octanol–water partition coefficient (Wildman–Crippen LogP) is 0.372. The van der Waals surface area contributed by atoms with Crippen LogP contribution in [0.15, 0.2) is 18.6 Å². The first-order chi connectivity index (χ1) is 8.59. The van der Waals surface area contributed by atoms with E-state index in [1.807, 2.05) is 0 Å². The van der Waals surface area contributed by atoms with Crippen LogP contribution in [0.25, 0.3) is 0 Å². The maximum absolute atomic E-state index is 11.2. The Kier molecular flexibility index (Phi) is 3.88. The molecule has 1 aromatic heterocycles. The van der Waals surface area contributed by atoms with Crippen LogP contribution >= 0.6 is 0 Å². The zero-order chi connectivity index (χ0) is 13.1. The minimum Gasteiger partial charge on any atom is -0.481 e. The van der Waals surface area contributed by atoms with Gasteiger partial charge in [-0.25, -0.2) is 0 Å². The molecule has 4 atom stereocenters. The molecule has 0 amide bonds. The van der Waals surface area contributed by atoms with Crippen molar-refractivity contribution in [2.24, 2.45) is 11.8 Å². The van der Waals surface area contributed by atoms with Gasteiger partial charge in [-0.2, -0.15) is 0 Å². The Morgan fingerprint density at radius 2 is 2.17 bits per heavy atom. The predicted molar refractivity (Wildman–Crippen MR) is 61.5 cm³/mol. The van der Waals surface area contributed by atoms with Crippen LogP contribution in [0.5, 0.6) is 0 Å². The van der Waals surface area contributed by atoms with Gasteiger partial charge in [-0.3, -0.25) is 14.8 Å². The molecule has 2 rings (SSSR count). The van der Waals surface area contributed by atoms with Crippen molar-refractivity contribution >= 4 is 5.97 Å². The van der Waals surface area contributed by atoms with Crippen LogP contribution in [0, 0.1) is 11.8 Å². The molecule has 0 aliphatic heterocycles. The fourth-order valence-electron chi connectivity index (χ4n) is 2.52. The van der Waals surface area contributed by atoms with Gasteiger partial charge in [0, 0.05) is 18.3 Å². The third kappa shape index (κ3) is 2.65. The van der Waals surface area contributed by atoms with Gasteiger partial charge < -0.3 is 15.3 Å².